The number of anilines is 1. The second kappa shape index (κ2) is 4.54. The number of nitrogen functional groups attached to an aromatic ring is 1. The quantitative estimate of drug-likeness (QED) is 0.464. The van der Waals surface area contributed by atoms with E-state index in [9.17, 15) is 0 Å². The molecule has 0 aliphatic rings. The van der Waals surface area contributed by atoms with Crippen LogP contribution in [0.3, 0.4) is 0 Å². The molecular formula is C18H13ClN2. The van der Waals surface area contributed by atoms with Crippen molar-refractivity contribution in [3.8, 4) is 11.1 Å². The van der Waals surface area contributed by atoms with E-state index in [4.69, 9.17) is 17.3 Å². The summed E-state index contributed by atoms with van der Waals surface area (Å²) >= 11 is 6.14. The molecule has 0 aliphatic heterocycles. The van der Waals surface area contributed by atoms with Crippen molar-refractivity contribution < 1.29 is 0 Å². The number of nitrogens with one attached hydrogen (secondary N) is 1. The third-order valence-corrected chi connectivity index (χ3v) is 3.99. The van der Waals surface area contributed by atoms with E-state index in [1.807, 2.05) is 18.2 Å². The van der Waals surface area contributed by atoms with E-state index in [-0.39, 0.29) is 0 Å². The molecule has 102 valence electrons. The number of H-pyrrole nitrogens is 1. The Kier molecular flexibility index (Phi) is 2.66. The first kappa shape index (κ1) is 12.3. The summed E-state index contributed by atoms with van der Waals surface area (Å²) < 4.78 is 0. The first-order valence-corrected chi connectivity index (χ1v) is 7.16. The van der Waals surface area contributed by atoms with E-state index < -0.39 is 0 Å². The van der Waals surface area contributed by atoms with Gasteiger partial charge in [-0.2, -0.15) is 0 Å². The van der Waals surface area contributed by atoms with Crippen molar-refractivity contribution in [1.82, 2.24) is 4.98 Å². The van der Waals surface area contributed by atoms with Crippen LogP contribution < -0.4 is 5.73 Å². The van der Waals surface area contributed by atoms with E-state index in [1.54, 1.807) is 6.07 Å². The maximum Gasteiger partial charge on any atom is 0.0544 e. The molecule has 0 aliphatic carbocycles. The molecule has 0 unspecified atom stereocenters. The summed E-state index contributed by atoms with van der Waals surface area (Å²) in [6.07, 6.45) is 0. The molecule has 3 heteroatoms. The average Bonchev–Trinajstić information content (AvgIpc) is 2.84. The van der Waals surface area contributed by atoms with Gasteiger partial charge < -0.3 is 10.7 Å². The molecule has 0 radical (unpaired) electrons. The van der Waals surface area contributed by atoms with Crippen LogP contribution in [0, 0.1) is 0 Å². The molecule has 0 bridgehead atoms. The lowest BCUT2D eigenvalue weighted by Gasteiger charge is -2.06. The van der Waals surface area contributed by atoms with Gasteiger partial charge in [-0.3, -0.25) is 0 Å². The average molecular weight is 293 g/mol. The van der Waals surface area contributed by atoms with Gasteiger partial charge in [0.05, 0.1) is 5.52 Å². The van der Waals surface area contributed by atoms with Gasteiger partial charge in [0.15, 0.2) is 0 Å². The number of hydrogen-bond acceptors (Lipinski definition) is 1. The molecule has 0 atom stereocenters. The number of halogens is 1. The Morgan fingerprint density at radius 2 is 1.67 bits per heavy atom. The minimum Gasteiger partial charge on any atom is -0.399 e. The molecule has 0 amide bonds. The summed E-state index contributed by atoms with van der Waals surface area (Å²) in [5.41, 5.74) is 11.0. The van der Waals surface area contributed by atoms with Gasteiger partial charge in [0.25, 0.3) is 0 Å². The minimum atomic E-state index is 0.651. The highest BCUT2D eigenvalue weighted by molar-refractivity contribution is 6.31. The standard InChI is InChI=1S/C18H13ClN2/c19-12-8-11(9-13(20)10-12)14-5-3-6-16-15-4-1-2-7-17(15)21-18(14)16/h1-10,21H,20H2. The first-order valence-electron chi connectivity index (χ1n) is 6.78. The third-order valence-electron chi connectivity index (χ3n) is 3.77. The highest BCUT2D eigenvalue weighted by Gasteiger charge is 2.10. The fourth-order valence-corrected chi connectivity index (χ4v) is 3.13. The third kappa shape index (κ3) is 1.96. The molecule has 0 spiro atoms. The predicted molar refractivity (Wildman–Crippen MR) is 90.7 cm³/mol. The van der Waals surface area contributed by atoms with Crippen molar-refractivity contribution >= 4 is 39.1 Å². The Morgan fingerprint density at radius 3 is 2.52 bits per heavy atom. The number of benzene rings is 3. The number of rotatable bonds is 1. The van der Waals surface area contributed by atoms with Crippen molar-refractivity contribution in [2.75, 3.05) is 5.73 Å². The van der Waals surface area contributed by atoms with Crippen LogP contribution in [0.4, 0.5) is 5.69 Å². The molecular weight excluding hydrogens is 280 g/mol. The summed E-state index contributed by atoms with van der Waals surface area (Å²) in [6.45, 7) is 0. The van der Waals surface area contributed by atoms with E-state index in [0.29, 0.717) is 10.7 Å². The van der Waals surface area contributed by atoms with Crippen LogP contribution in [0.2, 0.25) is 5.02 Å². The number of aromatic amines is 1. The van der Waals surface area contributed by atoms with E-state index in [2.05, 4.69) is 41.4 Å². The van der Waals surface area contributed by atoms with Crippen molar-refractivity contribution in [1.29, 1.82) is 0 Å². The fraction of sp³-hybridized carbons (Fsp3) is 0. The minimum absolute atomic E-state index is 0.651. The second-order valence-electron chi connectivity index (χ2n) is 5.17. The Hall–Kier alpha value is -2.45. The van der Waals surface area contributed by atoms with Crippen LogP contribution in [0.5, 0.6) is 0 Å². The van der Waals surface area contributed by atoms with E-state index >= 15 is 0 Å². The van der Waals surface area contributed by atoms with Gasteiger partial charge in [-0.05, 0) is 29.8 Å². The predicted octanol–water partition coefficient (Wildman–Crippen LogP) is 5.22. The Labute approximate surface area is 127 Å². The Bertz CT molecular complexity index is 949. The number of fused-ring (bicyclic) bond motifs is 3. The topological polar surface area (TPSA) is 41.8 Å². The van der Waals surface area contributed by atoms with Crippen molar-refractivity contribution in [2.45, 2.75) is 0 Å². The van der Waals surface area contributed by atoms with Gasteiger partial charge in [0.1, 0.15) is 0 Å². The number of aromatic nitrogens is 1. The largest absolute Gasteiger partial charge is 0.399 e. The van der Waals surface area contributed by atoms with Crippen LogP contribution in [0.1, 0.15) is 0 Å². The van der Waals surface area contributed by atoms with E-state index in [0.717, 1.165) is 22.2 Å². The SMILES string of the molecule is Nc1cc(Cl)cc(-c2cccc3c2[nH]c2ccccc23)c1. The first-order chi connectivity index (χ1) is 10.2. The smallest absolute Gasteiger partial charge is 0.0544 e. The normalized spacial score (nSPS) is 11.3. The zero-order chi connectivity index (χ0) is 14.4. The Balaban J connectivity index is 2.09. The maximum atomic E-state index is 6.14. The molecule has 4 aromatic rings. The molecule has 2 nitrogen and oxygen atoms in total. The van der Waals surface area contributed by atoms with Gasteiger partial charge >= 0.3 is 0 Å². The fourth-order valence-electron chi connectivity index (χ4n) is 2.88. The van der Waals surface area contributed by atoms with Gasteiger partial charge in [-0.15, -0.1) is 0 Å². The molecule has 3 N–H and O–H groups in total. The van der Waals surface area contributed by atoms with Crippen molar-refractivity contribution in [3.05, 3.63) is 65.7 Å². The summed E-state index contributed by atoms with van der Waals surface area (Å²) in [6, 6.07) is 20.2. The lowest BCUT2D eigenvalue weighted by Crippen LogP contribution is -1.87. The number of para-hydroxylation sites is 2. The van der Waals surface area contributed by atoms with Gasteiger partial charge in [0.2, 0.25) is 0 Å². The molecule has 0 saturated heterocycles. The van der Waals surface area contributed by atoms with Crippen LogP contribution in [-0.4, -0.2) is 4.98 Å². The monoisotopic (exact) mass is 292 g/mol. The van der Waals surface area contributed by atoms with Crippen LogP contribution in [0.25, 0.3) is 32.9 Å². The van der Waals surface area contributed by atoms with Gasteiger partial charge in [0, 0.05) is 32.6 Å². The summed E-state index contributed by atoms with van der Waals surface area (Å²) in [4.78, 5) is 3.50. The molecule has 21 heavy (non-hydrogen) atoms. The molecule has 1 heterocycles. The molecule has 0 saturated carbocycles. The summed E-state index contributed by atoms with van der Waals surface area (Å²) in [7, 11) is 0. The molecule has 0 fully saturated rings. The lowest BCUT2D eigenvalue weighted by molar-refractivity contribution is 1.53. The number of hydrogen-bond donors (Lipinski definition) is 2. The van der Waals surface area contributed by atoms with Crippen LogP contribution in [-0.2, 0) is 0 Å². The highest BCUT2D eigenvalue weighted by Crippen LogP contribution is 2.34. The lowest BCUT2D eigenvalue weighted by atomic mass is 10.0. The highest BCUT2D eigenvalue weighted by atomic mass is 35.5. The summed E-state index contributed by atoms with van der Waals surface area (Å²) in [5, 5.41) is 3.09. The van der Waals surface area contributed by atoms with Crippen molar-refractivity contribution in [2.24, 2.45) is 0 Å². The Morgan fingerprint density at radius 1 is 0.857 bits per heavy atom. The zero-order valence-corrected chi connectivity index (χ0v) is 12.0. The molecule has 3 aromatic carbocycles. The van der Waals surface area contributed by atoms with Gasteiger partial charge in [-0.25, -0.2) is 0 Å². The summed E-state index contributed by atoms with van der Waals surface area (Å²) in [5.74, 6) is 0. The maximum absolute atomic E-state index is 6.14. The van der Waals surface area contributed by atoms with Gasteiger partial charge in [-0.1, -0.05) is 48.0 Å². The van der Waals surface area contributed by atoms with E-state index in [1.165, 1.54) is 10.8 Å². The second-order valence-corrected chi connectivity index (χ2v) is 5.61. The van der Waals surface area contributed by atoms with Crippen LogP contribution in [0.15, 0.2) is 60.7 Å². The number of nitrogens with two attached hydrogens (primary N) is 1. The van der Waals surface area contributed by atoms with Crippen molar-refractivity contribution in [3.63, 3.8) is 0 Å². The molecule has 1 aromatic heterocycles. The zero-order valence-electron chi connectivity index (χ0n) is 11.2. The molecule has 4 rings (SSSR count). The van der Waals surface area contributed by atoms with Crippen LogP contribution >= 0.6 is 11.6 Å².